The fourth-order valence-electron chi connectivity index (χ4n) is 2.29. The topological polar surface area (TPSA) is 121 Å². The molecule has 0 aliphatic carbocycles. The molecule has 24 heavy (non-hydrogen) atoms. The number of carbonyl (C=O) groups is 1. The molecule has 2 aromatic rings. The van der Waals surface area contributed by atoms with Crippen LogP contribution in [0.5, 0.6) is 0 Å². The molecule has 0 bridgehead atoms. The van der Waals surface area contributed by atoms with E-state index in [1.165, 1.54) is 11.4 Å². The molecule has 2 aromatic heterocycles. The molecule has 1 unspecified atom stereocenters. The van der Waals surface area contributed by atoms with E-state index in [4.69, 9.17) is 0 Å². The van der Waals surface area contributed by atoms with Gasteiger partial charge in [0.15, 0.2) is 0 Å². The smallest absolute Gasteiger partial charge is 0.709 e. The number of hydrogen-bond donors (Lipinski definition) is 1. The van der Waals surface area contributed by atoms with Gasteiger partial charge in [0.1, 0.15) is 14.5 Å². The molecule has 9 nitrogen and oxygen atoms in total. The summed E-state index contributed by atoms with van der Waals surface area (Å²) in [6, 6.07) is 0. The second kappa shape index (κ2) is 7.60. The van der Waals surface area contributed by atoms with E-state index in [1.807, 2.05) is 0 Å². The third kappa shape index (κ3) is 3.72. The first kappa shape index (κ1) is 21.2. The number of aromatic nitrogens is 2. The summed E-state index contributed by atoms with van der Waals surface area (Å²) in [5.41, 5.74) is 0.865. The minimum atomic E-state index is -3.64. The second-order valence-electron chi connectivity index (χ2n) is 5.06. The summed E-state index contributed by atoms with van der Waals surface area (Å²) in [4.78, 5) is 35.9. The largest absolute Gasteiger partial charge is 1.00 e. The van der Waals surface area contributed by atoms with E-state index < -0.39 is 31.6 Å². The fourth-order valence-corrected chi connectivity index (χ4v) is 3.08. The van der Waals surface area contributed by atoms with Crippen LogP contribution in [0, 0.1) is 20.8 Å². The molecule has 0 saturated heterocycles. The predicted octanol–water partition coefficient (Wildman–Crippen LogP) is -5.30. The maximum Gasteiger partial charge on any atom is 1.00 e. The van der Waals surface area contributed by atoms with Gasteiger partial charge in [0.05, 0.1) is 12.2 Å². The number of nitrogens with zero attached hydrogens (tertiary/aromatic N) is 2. The molecule has 12 heteroatoms. The van der Waals surface area contributed by atoms with Crippen molar-refractivity contribution >= 4 is 25.9 Å². The van der Waals surface area contributed by atoms with Crippen LogP contribution in [0.15, 0.2) is 9.59 Å². The monoisotopic (exact) mass is 383 g/mol. The van der Waals surface area contributed by atoms with Crippen LogP contribution in [-0.2, 0) is 35.6 Å². The summed E-state index contributed by atoms with van der Waals surface area (Å²) < 4.78 is 17.0. The standard InChI is InChI=1S/C12H15N3O6S2.Na/c1-6-8(3)14-9(7(2)12(18)15(14)11(6)17)4-13-10(16)5-23(20,22)21-19;/h19H,4-5H2,1-3H3,(H,13,16);/q;+1/p-1. The quantitative estimate of drug-likeness (QED) is 0.311. The Hall–Kier alpha value is -0.820. The Morgan fingerprint density at radius 2 is 1.75 bits per heavy atom. The fraction of sp³-hybridized carbons (Fsp3) is 0.417. The van der Waals surface area contributed by atoms with Crippen molar-refractivity contribution in [3.8, 4) is 0 Å². The van der Waals surface area contributed by atoms with Gasteiger partial charge in [-0.15, -0.1) is 0 Å². The SMILES string of the molecule is Cc1c(C)n2c(CNC(=O)CS(=O)(=S)O[O-])c(C)c(=O)n2c1=O.[Na+]. The van der Waals surface area contributed by atoms with E-state index in [-0.39, 0.29) is 36.1 Å². The maximum absolute atomic E-state index is 12.2. The molecule has 126 valence electrons. The Balaban J connectivity index is 0.00000288. The maximum atomic E-state index is 12.2. The van der Waals surface area contributed by atoms with E-state index in [0.29, 0.717) is 22.5 Å². The van der Waals surface area contributed by atoms with Crippen molar-refractivity contribution in [3.05, 3.63) is 43.2 Å². The van der Waals surface area contributed by atoms with Crippen LogP contribution in [0.2, 0.25) is 0 Å². The van der Waals surface area contributed by atoms with E-state index in [1.54, 1.807) is 13.8 Å². The van der Waals surface area contributed by atoms with Crippen LogP contribution in [0.3, 0.4) is 0 Å². The molecule has 0 aliphatic heterocycles. The van der Waals surface area contributed by atoms with Gasteiger partial charge < -0.3 is 14.9 Å². The summed E-state index contributed by atoms with van der Waals surface area (Å²) in [5, 5.41) is 12.5. The van der Waals surface area contributed by atoms with Crippen LogP contribution in [0.1, 0.15) is 22.5 Å². The number of amides is 1. The molecule has 0 spiro atoms. The van der Waals surface area contributed by atoms with Crippen LogP contribution in [0.4, 0.5) is 0 Å². The van der Waals surface area contributed by atoms with Crippen LogP contribution in [-0.4, -0.2) is 24.9 Å². The number of carbonyl (C=O) groups excluding carboxylic acids is 1. The van der Waals surface area contributed by atoms with Crippen LogP contribution < -0.4 is 51.2 Å². The molecule has 2 heterocycles. The number of aryl methyl sites for hydroxylation is 1. The van der Waals surface area contributed by atoms with Gasteiger partial charge in [-0.1, -0.05) is 0 Å². The molecular formula is C12H14N3NaO6S2. The zero-order chi connectivity index (χ0) is 17.5. The minimum Gasteiger partial charge on any atom is -0.709 e. The minimum absolute atomic E-state index is 0. The van der Waals surface area contributed by atoms with Crippen molar-refractivity contribution in [2.75, 3.05) is 5.75 Å². The Labute approximate surface area is 164 Å². The Morgan fingerprint density at radius 1 is 1.21 bits per heavy atom. The van der Waals surface area contributed by atoms with Crippen LogP contribution >= 0.6 is 0 Å². The van der Waals surface area contributed by atoms with Crippen molar-refractivity contribution in [1.82, 2.24) is 14.3 Å². The first-order valence-corrected chi connectivity index (χ1v) is 9.05. The normalized spacial score (nSPS) is 13.5. The molecule has 0 aliphatic rings. The van der Waals surface area contributed by atoms with Gasteiger partial charge in [-0.3, -0.25) is 14.4 Å². The van der Waals surface area contributed by atoms with Crippen molar-refractivity contribution in [1.29, 1.82) is 0 Å². The third-order valence-corrected chi connectivity index (χ3v) is 4.98. The first-order valence-electron chi connectivity index (χ1n) is 6.47. The van der Waals surface area contributed by atoms with Gasteiger partial charge >= 0.3 is 29.6 Å². The number of hydrogen-bond acceptors (Lipinski definition) is 7. The molecule has 1 atom stereocenters. The van der Waals surface area contributed by atoms with E-state index in [2.05, 4.69) is 20.8 Å². The van der Waals surface area contributed by atoms with Crippen molar-refractivity contribution in [3.63, 3.8) is 0 Å². The Bertz CT molecular complexity index is 995. The van der Waals surface area contributed by atoms with Gasteiger partial charge in [0.2, 0.25) is 5.91 Å². The van der Waals surface area contributed by atoms with E-state index in [0.717, 1.165) is 4.52 Å². The zero-order valence-electron chi connectivity index (χ0n) is 13.6. The summed E-state index contributed by atoms with van der Waals surface area (Å²) in [6.45, 7) is 4.73. The number of nitrogens with one attached hydrogen (secondary N) is 1. The van der Waals surface area contributed by atoms with Gasteiger partial charge in [0, 0.05) is 28.0 Å². The average Bonchev–Trinajstić information content (AvgIpc) is 2.86. The third-order valence-electron chi connectivity index (χ3n) is 3.64. The van der Waals surface area contributed by atoms with Crippen molar-refractivity contribution in [2.24, 2.45) is 0 Å². The van der Waals surface area contributed by atoms with E-state index >= 15 is 0 Å². The summed E-state index contributed by atoms with van der Waals surface area (Å²) in [5.74, 6) is -1.52. The Morgan fingerprint density at radius 3 is 2.29 bits per heavy atom. The first-order chi connectivity index (χ1) is 10.6. The molecule has 0 fully saturated rings. The van der Waals surface area contributed by atoms with Crippen LogP contribution in [0.25, 0.3) is 0 Å². The molecule has 0 saturated carbocycles. The van der Waals surface area contributed by atoms with Gasteiger partial charge in [0.25, 0.3) is 11.1 Å². The van der Waals surface area contributed by atoms with Gasteiger partial charge in [-0.25, -0.2) is 8.72 Å². The molecule has 1 amide bonds. The molecule has 2 rings (SSSR count). The van der Waals surface area contributed by atoms with Gasteiger partial charge in [-0.05, 0) is 20.8 Å². The van der Waals surface area contributed by atoms with E-state index in [9.17, 15) is 23.8 Å². The number of rotatable bonds is 5. The summed E-state index contributed by atoms with van der Waals surface area (Å²) in [7, 11) is -3.64. The second-order valence-corrected chi connectivity index (χ2v) is 8.13. The number of fused-ring (bicyclic) bond motifs is 1. The van der Waals surface area contributed by atoms with Crippen molar-refractivity contribution < 1.29 is 48.2 Å². The molecule has 0 aromatic carbocycles. The predicted molar refractivity (Wildman–Crippen MR) is 82.1 cm³/mol. The summed E-state index contributed by atoms with van der Waals surface area (Å²) in [6.07, 6.45) is 0. The van der Waals surface area contributed by atoms with Gasteiger partial charge in [-0.2, -0.15) is 4.52 Å². The Kier molecular flexibility index (Phi) is 6.72. The van der Waals surface area contributed by atoms with Crippen molar-refractivity contribution in [2.45, 2.75) is 27.3 Å². The molecule has 0 radical (unpaired) electrons. The summed E-state index contributed by atoms with van der Waals surface area (Å²) >= 11 is 4.33. The zero-order valence-corrected chi connectivity index (χ0v) is 17.2. The average molecular weight is 383 g/mol. The molecular weight excluding hydrogens is 369 g/mol. The molecule has 1 N–H and O–H groups in total.